The molecule has 5 nitrogen and oxygen atoms in total. The van der Waals surface area contributed by atoms with Crippen molar-refractivity contribution in [3.8, 4) is 0 Å². The second kappa shape index (κ2) is 7.83. The van der Waals surface area contributed by atoms with Gasteiger partial charge in [-0.2, -0.15) is 0 Å². The molecule has 1 aliphatic rings. The Morgan fingerprint density at radius 2 is 1.92 bits per heavy atom. The van der Waals surface area contributed by atoms with E-state index in [1.165, 1.54) is 12.8 Å². The molecule has 2 heterocycles. The van der Waals surface area contributed by atoms with Gasteiger partial charge < -0.3 is 10.6 Å². The standard InChI is InChI=1S/C18H24N4OS/c1-13(18(23)22-10-6-2-3-7-11-22)24-12-16-20-15-9-5-4-8-14(15)17(19)21-16/h4-5,8-9,13H,2-3,6-7,10-12H2,1H3,(H2,19,20,21)/t13-/m0/s1. The third-order valence-electron chi connectivity index (χ3n) is 4.41. The minimum absolute atomic E-state index is 0.0839. The molecule has 2 N–H and O–H groups in total. The minimum atomic E-state index is -0.0839. The van der Waals surface area contributed by atoms with Gasteiger partial charge in [0.05, 0.1) is 16.5 Å². The quantitative estimate of drug-likeness (QED) is 0.922. The Kier molecular flexibility index (Phi) is 5.56. The highest BCUT2D eigenvalue weighted by atomic mass is 32.2. The number of nitrogen functional groups attached to an aromatic ring is 1. The van der Waals surface area contributed by atoms with E-state index < -0.39 is 0 Å². The number of aromatic nitrogens is 2. The predicted octanol–water partition coefficient (Wildman–Crippen LogP) is 3.24. The van der Waals surface area contributed by atoms with Crippen LogP contribution >= 0.6 is 11.8 Å². The summed E-state index contributed by atoms with van der Waals surface area (Å²) < 4.78 is 0. The van der Waals surface area contributed by atoms with E-state index in [1.807, 2.05) is 36.1 Å². The first kappa shape index (κ1) is 17.0. The highest BCUT2D eigenvalue weighted by Gasteiger charge is 2.22. The maximum Gasteiger partial charge on any atom is 0.235 e. The van der Waals surface area contributed by atoms with Crippen molar-refractivity contribution in [3.05, 3.63) is 30.1 Å². The molecule has 2 aromatic rings. The van der Waals surface area contributed by atoms with Gasteiger partial charge in [-0.25, -0.2) is 9.97 Å². The molecule has 1 atom stereocenters. The Labute approximate surface area is 147 Å². The molecule has 0 unspecified atom stereocenters. The van der Waals surface area contributed by atoms with Crippen LogP contribution in [-0.2, 0) is 10.5 Å². The molecule has 6 heteroatoms. The van der Waals surface area contributed by atoms with Gasteiger partial charge in [-0.05, 0) is 31.9 Å². The number of anilines is 1. The Hall–Kier alpha value is -1.82. The molecule has 0 radical (unpaired) electrons. The fourth-order valence-corrected chi connectivity index (χ4v) is 3.85. The lowest BCUT2D eigenvalue weighted by molar-refractivity contribution is -0.130. The number of thioether (sulfide) groups is 1. The van der Waals surface area contributed by atoms with E-state index >= 15 is 0 Å². The number of rotatable bonds is 4. The van der Waals surface area contributed by atoms with Gasteiger partial charge >= 0.3 is 0 Å². The van der Waals surface area contributed by atoms with E-state index in [1.54, 1.807) is 11.8 Å². The van der Waals surface area contributed by atoms with E-state index in [-0.39, 0.29) is 11.2 Å². The summed E-state index contributed by atoms with van der Waals surface area (Å²) in [6.45, 7) is 3.76. The zero-order chi connectivity index (χ0) is 16.9. The van der Waals surface area contributed by atoms with Crippen molar-refractivity contribution in [3.63, 3.8) is 0 Å². The van der Waals surface area contributed by atoms with Crippen molar-refractivity contribution in [1.29, 1.82) is 0 Å². The van der Waals surface area contributed by atoms with Crippen LogP contribution in [0.4, 0.5) is 5.82 Å². The molecule has 1 amide bonds. The summed E-state index contributed by atoms with van der Waals surface area (Å²) in [5, 5.41) is 0.791. The van der Waals surface area contributed by atoms with Crippen molar-refractivity contribution >= 4 is 34.4 Å². The Morgan fingerprint density at radius 1 is 1.21 bits per heavy atom. The fourth-order valence-electron chi connectivity index (χ4n) is 3.03. The van der Waals surface area contributed by atoms with Crippen molar-refractivity contribution in [2.24, 2.45) is 0 Å². The number of likely N-dealkylation sites (tertiary alicyclic amines) is 1. The lowest BCUT2D eigenvalue weighted by Gasteiger charge is -2.23. The molecule has 1 fully saturated rings. The highest BCUT2D eigenvalue weighted by Crippen LogP contribution is 2.23. The molecule has 0 bridgehead atoms. The Morgan fingerprint density at radius 3 is 2.67 bits per heavy atom. The largest absolute Gasteiger partial charge is 0.383 e. The summed E-state index contributed by atoms with van der Waals surface area (Å²) >= 11 is 1.58. The Bertz CT molecular complexity index is 713. The molecule has 1 saturated heterocycles. The number of carbonyl (C=O) groups is 1. The number of benzene rings is 1. The van der Waals surface area contributed by atoms with Gasteiger partial charge in [-0.1, -0.05) is 25.0 Å². The van der Waals surface area contributed by atoms with Crippen LogP contribution in [0.25, 0.3) is 10.9 Å². The van der Waals surface area contributed by atoms with Crippen LogP contribution in [0.2, 0.25) is 0 Å². The van der Waals surface area contributed by atoms with Crippen molar-refractivity contribution in [1.82, 2.24) is 14.9 Å². The molecule has 1 aliphatic heterocycles. The molecule has 3 rings (SSSR count). The molecule has 0 saturated carbocycles. The predicted molar refractivity (Wildman–Crippen MR) is 99.8 cm³/mol. The fraction of sp³-hybridized carbons (Fsp3) is 0.500. The SMILES string of the molecule is C[C@H](SCc1nc(N)c2ccccc2n1)C(=O)N1CCCCCC1. The number of carbonyl (C=O) groups excluding carboxylic acids is 1. The first-order valence-corrected chi connectivity index (χ1v) is 9.61. The number of hydrogen-bond acceptors (Lipinski definition) is 5. The van der Waals surface area contributed by atoms with E-state index in [2.05, 4.69) is 9.97 Å². The smallest absolute Gasteiger partial charge is 0.235 e. The van der Waals surface area contributed by atoms with Gasteiger partial charge in [0.2, 0.25) is 5.91 Å². The van der Waals surface area contributed by atoms with Gasteiger partial charge in [0.1, 0.15) is 11.6 Å². The molecule has 1 aromatic carbocycles. The van der Waals surface area contributed by atoms with E-state index in [9.17, 15) is 4.79 Å². The average Bonchev–Trinajstić information content (AvgIpc) is 2.88. The summed E-state index contributed by atoms with van der Waals surface area (Å²) in [5.74, 6) is 2.01. The van der Waals surface area contributed by atoms with Gasteiger partial charge in [0.15, 0.2) is 0 Å². The Balaban J connectivity index is 1.63. The van der Waals surface area contributed by atoms with Crippen molar-refractivity contribution < 1.29 is 4.79 Å². The van der Waals surface area contributed by atoms with Crippen LogP contribution in [0.15, 0.2) is 24.3 Å². The van der Waals surface area contributed by atoms with E-state index in [4.69, 9.17) is 5.73 Å². The number of para-hydroxylation sites is 1. The lowest BCUT2D eigenvalue weighted by Crippen LogP contribution is -2.37. The number of hydrogen-bond donors (Lipinski definition) is 1. The molecule has 0 spiro atoms. The first-order valence-electron chi connectivity index (χ1n) is 8.56. The zero-order valence-electron chi connectivity index (χ0n) is 14.1. The number of amides is 1. The molecular weight excluding hydrogens is 320 g/mol. The van der Waals surface area contributed by atoms with Crippen LogP contribution in [0, 0.1) is 0 Å². The maximum absolute atomic E-state index is 12.6. The number of fused-ring (bicyclic) bond motifs is 1. The lowest BCUT2D eigenvalue weighted by atomic mass is 10.2. The molecule has 128 valence electrons. The van der Waals surface area contributed by atoms with Gasteiger partial charge in [-0.3, -0.25) is 4.79 Å². The third-order valence-corrected chi connectivity index (χ3v) is 5.53. The third kappa shape index (κ3) is 3.98. The zero-order valence-corrected chi connectivity index (χ0v) is 14.9. The summed E-state index contributed by atoms with van der Waals surface area (Å²) in [5.41, 5.74) is 6.88. The molecule has 0 aliphatic carbocycles. The molecular formula is C18H24N4OS. The second-order valence-corrected chi connectivity index (χ2v) is 7.56. The van der Waals surface area contributed by atoms with E-state index in [0.717, 1.165) is 36.8 Å². The summed E-state index contributed by atoms with van der Waals surface area (Å²) in [4.78, 5) is 23.5. The van der Waals surface area contributed by atoms with Gasteiger partial charge in [-0.15, -0.1) is 11.8 Å². The molecule has 24 heavy (non-hydrogen) atoms. The van der Waals surface area contributed by atoms with Crippen LogP contribution in [0.3, 0.4) is 0 Å². The maximum atomic E-state index is 12.6. The van der Waals surface area contributed by atoms with E-state index in [0.29, 0.717) is 17.4 Å². The minimum Gasteiger partial charge on any atom is -0.383 e. The van der Waals surface area contributed by atoms with Gasteiger partial charge in [0, 0.05) is 18.5 Å². The van der Waals surface area contributed by atoms with Crippen molar-refractivity contribution in [2.45, 2.75) is 43.6 Å². The number of nitrogens with zero attached hydrogens (tertiary/aromatic N) is 3. The van der Waals surface area contributed by atoms with Crippen LogP contribution in [0.5, 0.6) is 0 Å². The summed E-state index contributed by atoms with van der Waals surface area (Å²) in [6.07, 6.45) is 4.70. The average molecular weight is 344 g/mol. The topological polar surface area (TPSA) is 72.1 Å². The normalized spacial score (nSPS) is 16.8. The second-order valence-electron chi connectivity index (χ2n) is 6.23. The number of nitrogens with two attached hydrogens (primary N) is 1. The van der Waals surface area contributed by atoms with Crippen LogP contribution in [0.1, 0.15) is 38.4 Å². The van der Waals surface area contributed by atoms with Gasteiger partial charge in [0.25, 0.3) is 0 Å². The summed E-state index contributed by atoms with van der Waals surface area (Å²) in [6, 6.07) is 7.73. The monoisotopic (exact) mass is 344 g/mol. The van der Waals surface area contributed by atoms with Crippen LogP contribution < -0.4 is 5.73 Å². The summed E-state index contributed by atoms with van der Waals surface area (Å²) in [7, 11) is 0. The molecule has 1 aromatic heterocycles. The van der Waals surface area contributed by atoms with Crippen molar-refractivity contribution in [2.75, 3.05) is 18.8 Å². The van der Waals surface area contributed by atoms with Crippen LogP contribution in [-0.4, -0.2) is 39.1 Å². The highest BCUT2D eigenvalue weighted by molar-refractivity contribution is 7.99. The first-order chi connectivity index (χ1) is 11.6.